The lowest BCUT2D eigenvalue weighted by molar-refractivity contribution is 0.330. The van der Waals surface area contributed by atoms with Gasteiger partial charge in [0.25, 0.3) is 5.90 Å². The Morgan fingerprint density at radius 3 is 2.72 bits per heavy atom. The summed E-state index contributed by atoms with van der Waals surface area (Å²) in [6.45, 7) is 2.14. The smallest absolute Gasteiger partial charge is 0.273 e. The molecule has 0 aromatic heterocycles. The van der Waals surface area contributed by atoms with Crippen LogP contribution in [0.5, 0.6) is 0 Å². The molecule has 2 aliphatic rings. The molecule has 0 aliphatic carbocycles. The highest BCUT2D eigenvalue weighted by molar-refractivity contribution is 8.13. The first-order chi connectivity index (χ1) is 14.3. The number of nitrogens with zero attached hydrogens (tertiary/aromatic N) is 3. The Labute approximate surface area is 173 Å². The molecule has 144 valence electrons. The molecule has 2 aliphatic heterocycles. The second-order valence-electron chi connectivity index (χ2n) is 6.91. The van der Waals surface area contributed by atoms with E-state index in [-0.39, 0.29) is 6.17 Å². The molecule has 0 bridgehead atoms. The fourth-order valence-electron chi connectivity index (χ4n) is 3.45. The van der Waals surface area contributed by atoms with Crippen molar-refractivity contribution in [2.24, 2.45) is 15.1 Å². The van der Waals surface area contributed by atoms with Crippen LogP contribution in [0.2, 0.25) is 0 Å². The molecule has 0 saturated heterocycles. The van der Waals surface area contributed by atoms with E-state index < -0.39 is 0 Å². The van der Waals surface area contributed by atoms with Gasteiger partial charge in [0.15, 0.2) is 0 Å². The second-order valence-corrected chi connectivity index (χ2v) is 7.97. The number of hydrogen-bond acceptors (Lipinski definition) is 6. The number of anilines is 1. The highest BCUT2D eigenvalue weighted by atomic mass is 32.2. The van der Waals surface area contributed by atoms with Crippen molar-refractivity contribution in [3.8, 4) is 0 Å². The lowest BCUT2D eigenvalue weighted by Gasteiger charge is -2.16. The molecule has 3 aromatic rings. The van der Waals surface area contributed by atoms with Crippen molar-refractivity contribution in [3.63, 3.8) is 0 Å². The highest BCUT2D eigenvalue weighted by Crippen LogP contribution is 2.31. The quantitative estimate of drug-likeness (QED) is 0.623. The number of para-hydroxylation sites is 1. The molecule has 5 nitrogen and oxygen atoms in total. The molecule has 6 heteroatoms. The molecular formula is C23H20N4OS. The van der Waals surface area contributed by atoms with Crippen LogP contribution in [0.25, 0.3) is 10.8 Å². The van der Waals surface area contributed by atoms with Crippen LogP contribution in [0.4, 0.5) is 5.69 Å². The third kappa shape index (κ3) is 3.51. The minimum absolute atomic E-state index is 0.288. The first kappa shape index (κ1) is 17.9. The molecule has 1 N–H and O–H groups in total. The van der Waals surface area contributed by atoms with E-state index in [1.54, 1.807) is 11.8 Å². The number of amidine groups is 1. The van der Waals surface area contributed by atoms with E-state index in [4.69, 9.17) is 14.8 Å². The number of fused-ring (bicyclic) bond motifs is 4. The van der Waals surface area contributed by atoms with E-state index in [0.29, 0.717) is 11.1 Å². The third-order valence-corrected chi connectivity index (χ3v) is 5.90. The van der Waals surface area contributed by atoms with Gasteiger partial charge < -0.3 is 10.2 Å². The summed E-state index contributed by atoms with van der Waals surface area (Å²) in [5.41, 5.74) is 3.74. The van der Waals surface area contributed by atoms with Crippen molar-refractivity contribution in [1.82, 2.24) is 0 Å². The number of benzene rings is 3. The van der Waals surface area contributed by atoms with E-state index in [0.717, 1.165) is 34.7 Å². The van der Waals surface area contributed by atoms with Gasteiger partial charge in [-0.25, -0.2) is 9.98 Å². The minimum Gasteiger partial charge on any atom is -0.359 e. The molecule has 0 radical (unpaired) electrons. The van der Waals surface area contributed by atoms with Gasteiger partial charge in [0.1, 0.15) is 11.9 Å². The molecule has 0 spiro atoms. The predicted molar refractivity (Wildman–Crippen MR) is 122 cm³/mol. The Morgan fingerprint density at radius 1 is 1.00 bits per heavy atom. The number of aliphatic imine (C=N–C) groups is 2. The average Bonchev–Trinajstić information content (AvgIpc) is 2.94. The lowest BCUT2D eigenvalue weighted by atomic mass is 10.0. The first-order valence-corrected chi connectivity index (χ1v) is 10.7. The van der Waals surface area contributed by atoms with Crippen LogP contribution < -0.4 is 5.32 Å². The number of rotatable bonds is 3. The van der Waals surface area contributed by atoms with Gasteiger partial charge in [-0.05, 0) is 40.0 Å². The van der Waals surface area contributed by atoms with Gasteiger partial charge in [-0.1, -0.05) is 73.3 Å². The molecule has 0 amide bonds. The lowest BCUT2D eigenvalue weighted by Crippen LogP contribution is -2.22. The van der Waals surface area contributed by atoms with Crippen LogP contribution in [0.3, 0.4) is 0 Å². The van der Waals surface area contributed by atoms with E-state index in [1.165, 1.54) is 10.8 Å². The Bertz CT molecular complexity index is 1170. The van der Waals surface area contributed by atoms with E-state index in [9.17, 15) is 0 Å². The van der Waals surface area contributed by atoms with Crippen molar-refractivity contribution in [2.45, 2.75) is 19.5 Å². The number of thioether (sulfide) groups is 1. The summed E-state index contributed by atoms with van der Waals surface area (Å²) >= 11 is 1.60. The molecule has 0 saturated carbocycles. The zero-order chi connectivity index (χ0) is 19.6. The molecule has 1 atom stereocenters. The third-order valence-electron chi connectivity index (χ3n) is 4.87. The van der Waals surface area contributed by atoms with E-state index in [2.05, 4.69) is 53.8 Å². The van der Waals surface area contributed by atoms with Crippen molar-refractivity contribution in [3.05, 3.63) is 77.9 Å². The first-order valence-electron chi connectivity index (χ1n) is 9.71. The van der Waals surface area contributed by atoms with Crippen LogP contribution in [-0.4, -0.2) is 22.5 Å². The summed E-state index contributed by atoms with van der Waals surface area (Å²) in [6, 6.07) is 22.8. The number of nitrogens with one attached hydrogen (secondary N) is 1. The average molecular weight is 401 g/mol. The van der Waals surface area contributed by atoms with Gasteiger partial charge in [0.05, 0.1) is 0 Å². The SMILES string of the molecule is CCCSC1=NOC2=N[C@@H](c3ccc4ccccc4c3)Nc3ccccc3C2=N1. The van der Waals surface area contributed by atoms with Gasteiger partial charge in [-0.3, -0.25) is 0 Å². The summed E-state index contributed by atoms with van der Waals surface area (Å²) < 4.78 is 0. The minimum atomic E-state index is -0.288. The maximum absolute atomic E-state index is 5.71. The van der Waals surface area contributed by atoms with Crippen molar-refractivity contribution in [1.29, 1.82) is 0 Å². The van der Waals surface area contributed by atoms with Crippen molar-refractivity contribution < 1.29 is 4.84 Å². The van der Waals surface area contributed by atoms with Crippen molar-refractivity contribution in [2.75, 3.05) is 11.1 Å². The summed E-state index contributed by atoms with van der Waals surface area (Å²) in [5, 5.41) is 10.7. The van der Waals surface area contributed by atoms with Gasteiger partial charge in [0.2, 0.25) is 5.17 Å². The molecule has 3 aromatic carbocycles. The standard InChI is InChI=1S/C23H20N4OS/c1-2-13-29-23-25-20-18-9-5-6-10-19(18)24-21(26-22(20)28-27-23)17-12-11-15-7-3-4-8-16(15)14-17/h3-12,14,21,24H,2,13H2,1H3/t21-/m0/s1. The second kappa shape index (κ2) is 7.72. The molecule has 0 fully saturated rings. The number of hydrogen-bond donors (Lipinski definition) is 1. The van der Waals surface area contributed by atoms with Gasteiger partial charge in [-0.2, -0.15) is 0 Å². The topological polar surface area (TPSA) is 58.3 Å². The Kier molecular flexibility index (Phi) is 4.77. The fraction of sp³-hybridized carbons (Fsp3) is 0.174. The maximum atomic E-state index is 5.71. The van der Waals surface area contributed by atoms with Crippen molar-refractivity contribution >= 4 is 45.0 Å². The Morgan fingerprint density at radius 2 is 1.83 bits per heavy atom. The van der Waals surface area contributed by atoms with Gasteiger partial charge >= 0.3 is 0 Å². The fourth-order valence-corrected chi connectivity index (χ4v) is 4.08. The summed E-state index contributed by atoms with van der Waals surface area (Å²) in [5.74, 6) is 1.40. The summed E-state index contributed by atoms with van der Waals surface area (Å²) in [6.07, 6.45) is 0.765. The zero-order valence-corrected chi connectivity index (χ0v) is 16.8. The van der Waals surface area contributed by atoms with Crippen LogP contribution in [0.15, 0.2) is 81.9 Å². The van der Waals surface area contributed by atoms with E-state index >= 15 is 0 Å². The van der Waals surface area contributed by atoms with Crippen LogP contribution in [0, 0.1) is 0 Å². The van der Waals surface area contributed by atoms with Crippen LogP contribution in [-0.2, 0) is 4.84 Å². The Balaban J connectivity index is 1.58. The maximum Gasteiger partial charge on any atom is 0.273 e. The monoisotopic (exact) mass is 400 g/mol. The van der Waals surface area contributed by atoms with Gasteiger partial charge in [-0.15, -0.1) is 0 Å². The molecule has 0 unspecified atom stereocenters. The largest absolute Gasteiger partial charge is 0.359 e. The predicted octanol–water partition coefficient (Wildman–Crippen LogP) is 5.60. The summed E-state index contributed by atoms with van der Waals surface area (Å²) in [7, 11) is 0. The normalized spacial score (nSPS) is 17.7. The molecule has 2 heterocycles. The summed E-state index contributed by atoms with van der Waals surface area (Å²) in [4.78, 5) is 15.3. The van der Waals surface area contributed by atoms with E-state index in [1.807, 2.05) is 30.3 Å². The Hall–Kier alpha value is -3.12. The molecule has 5 rings (SSSR count). The molecule has 29 heavy (non-hydrogen) atoms. The number of oxime groups is 1. The highest BCUT2D eigenvalue weighted by Gasteiger charge is 2.28. The van der Waals surface area contributed by atoms with Crippen LogP contribution in [0.1, 0.15) is 30.6 Å². The zero-order valence-electron chi connectivity index (χ0n) is 16.0. The van der Waals surface area contributed by atoms with Gasteiger partial charge in [0, 0.05) is 17.0 Å². The van der Waals surface area contributed by atoms with Crippen LogP contribution >= 0.6 is 11.8 Å². The molecular weight excluding hydrogens is 380 g/mol.